The van der Waals surface area contributed by atoms with Crippen LogP contribution in [-0.2, 0) is 16.4 Å². The van der Waals surface area contributed by atoms with Crippen molar-refractivity contribution < 1.29 is 13.2 Å². The molecule has 146 valence electrons. The molecule has 0 spiro atoms. The molecule has 10 heteroatoms. The fourth-order valence-electron chi connectivity index (χ4n) is 2.11. The fraction of sp³-hybridized carbons (Fsp3) is 0.176. The van der Waals surface area contributed by atoms with Crippen LogP contribution in [-0.4, -0.2) is 33.9 Å². The van der Waals surface area contributed by atoms with Gasteiger partial charge in [0.2, 0.25) is 0 Å². The molecule has 0 saturated carbocycles. The number of halogens is 1. The predicted molar refractivity (Wildman–Crippen MR) is 107 cm³/mol. The summed E-state index contributed by atoms with van der Waals surface area (Å²) in [7, 11) is -2.38. The molecule has 2 rings (SSSR count). The summed E-state index contributed by atoms with van der Waals surface area (Å²) in [5.41, 5.74) is 9.37. The number of nitrogens with zero attached hydrogens (tertiary/aromatic N) is 1. The van der Waals surface area contributed by atoms with Gasteiger partial charge in [0, 0.05) is 19.2 Å². The largest absolute Gasteiger partial charge is 0.370 e. The number of hydrogen-bond donors (Lipinski definition) is 4. The molecule has 5 N–H and O–H groups in total. The van der Waals surface area contributed by atoms with Crippen molar-refractivity contribution in [1.82, 2.24) is 15.6 Å². The van der Waals surface area contributed by atoms with E-state index in [2.05, 4.69) is 20.6 Å². The quantitative estimate of drug-likeness (QED) is 0.232. The lowest BCUT2D eigenvalue weighted by Gasteiger charge is -2.10. The number of guanidine groups is 1. The van der Waals surface area contributed by atoms with Crippen LogP contribution in [0.25, 0.3) is 0 Å². The van der Waals surface area contributed by atoms with Crippen LogP contribution < -0.4 is 21.3 Å². The Kier molecular flexibility index (Phi) is 8.89. The zero-order valence-electron chi connectivity index (χ0n) is 14.7. The van der Waals surface area contributed by atoms with Crippen LogP contribution >= 0.6 is 12.4 Å². The minimum Gasteiger partial charge on any atom is -0.370 e. The first-order chi connectivity index (χ1) is 12.4. The SMILES string of the molecule is CN=C(N)NC(=O)c1cccc(S(=O)(=O)NNCCc2ccccc2)c1.Cl. The van der Waals surface area contributed by atoms with E-state index in [4.69, 9.17) is 5.73 Å². The summed E-state index contributed by atoms with van der Waals surface area (Å²) in [4.78, 5) is 17.9. The monoisotopic (exact) mass is 411 g/mol. The molecular formula is C17H22ClN5O3S. The Morgan fingerprint density at radius 2 is 1.81 bits per heavy atom. The van der Waals surface area contributed by atoms with Crippen molar-refractivity contribution in [2.24, 2.45) is 10.7 Å². The Labute approximate surface area is 164 Å². The smallest absolute Gasteiger partial charge is 0.257 e. The number of hydrogen-bond acceptors (Lipinski definition) is 5. The second kappa shape index (κ2) is 10.6. The molecule has 2 aromatic carbocycles. The Morgan fingerprint density at radius 3 is 2.48 bits per heavy atom. The van der Waals surface area contributed by atoms with Crippen LogP contribution in [0.3, 0.4) is 0 Å². The molecule has 8 nitrogen and oxygen atoms in total. The summed E-state index contributed by atoms with van der Waals surface area (Å²) in [5.74, 6) is -0.592. The fourth-order valence-corrected chi connectivity index (χ4v) is 3.06. The van der Waals surface area contributed by atoms with Gasteiger partial charge in [0.05, 0.1) is 4.90 Å². The summed E-state index contributed by atoms with van der Waals surface area (Å²) in [5, 5.41) is 2.35. The molecule has 27 heavy (non-hydrogen) atoms. The number of carbonyl (C=O) groups is 1. The van der Waals surface area contributed by atoms with Gasteiger partial charge in [-0.3, -0.25) is 15.1 Å². The van der Waals surface area contributed by atoms with Crippen molar-refractivity contribution in [1.29, 1.82) is 0 Å². The second-order valence-corrected chi connectivity index (χ2v) is 7.04. The van der Waals surface area contributed by atoms with E-state index in [1.54, 1.807) is 0 Å². The molecule has 0 aliphatic carbocycles. The Bertz CT molecular complexity index is 888. The zero-order chi connectivity index (χ0) is 19.0. The van der Waals surface area contributed by atoms with Crippen molar-refractivity contribution >= 4 is 34.3 Å². The number of benzene rings is 2. The maximum Gasteiger partial charge on any atom is 0.257 e. The standard InChI is InChI=1S/C17H21N5O3S.ClH/c1-19-17(18)21-16(23)14-8-5-9-15(12-14)26(24,25)22-20-11-10-13-6-3-2-4-7-13;/h2-9,12,20,22H,10-11H2,1H3,(H3,18,19,21,23);1H. The minimum atomic E-state index is -3.81. The molecule has 0 aliphatic rings. The summed E-state index contributed by atoms with van der Waals surface area (Å²) in [6, 6.07) is 15.3. The molecule has 0 atom stereocenters. The maximum absolute atomic E-state index is 12.3. The van der Waals surface area contributed by atoms with E-state index in [1.165, 1.54) is 31.3 Å². The first-order valence-corrected chi connectivity index (χ1v) is 9.33. The topological polar surface area (TPSA) is 126 Å². The summed E-state index contributed by atoms with van der Waals surface area (Å²) in [6.45, 7) is 0.424. The summed E-state index contributed by atoms with van der Waals surface area (Å²) >= 11 is 0. The van der Waals surface area contributed by atoms with Gasteiger partial charge in [-0.2, -0.15) is 0 Å². The van der Waals surface area contributed by atoms with Gasteiger partial charge < -0.3 is 5.73 Å². The van der Waals surface area contributed by atoms with E-state index < -0.39 is 15.9 Å². The number of carbonyl (C=O) groups excluding carboxylic acids is 1. The third-order valence-electron chi connectivity index (χ3n) is 3.48. The van der Waals surface area contributed by atoms with E-state index in [1.807, 2.05) is 30.3 Å². The van der Waals surface area contributed by atoms with Gasteiger partial charge in [-0.15, -0.1) is 17.2 Å². The van der Waals surface area contributed by atoms with Crippen LogP contribution in [0, 0.1) is 0 Å². The molecule has 0 saturated heterocycles. The highest BCUT2D eigenvalue weighted by atomic mass is 35.5. The molecule has 2 aromatic rings. The minimum absolute atomic E-state index is 0. The van der Waals surface area contributed by atoms with Crippen LogP contribution in [0.15, 0.2) is 64.5 Å². The van der Waals surface area contributed by atoms with E-state index in [0.29, 0.717) is 13.0 Å². The van der Waals surface area contributed by atoms with E-state index >= 15 is 0 Å². The average Bonchev–Trinajstić information content (AvgIpc) is 2.66. The van der Waals surface area contributed by atoms with Crippen LogP contribution in [0.5, 0.6) is 0 Å². The van der Waals surface area contributed by atoms with Crippen molar-refractivity contribution in [3.63, 3.8) is 0 Å². The van der Waals surface area contributed by atoms with Crippen molar-refractivity contribution in [2.75, 3.05) is 13.6 Å². The lowest BCUT2D eigenvalue weighted by Crippen LogP contribution is -2.39. The van der Waals surface area contributed by atoms with Gasteiger partial charge in [0.25, 0.3) is 15.9 Å². The molecule has 0 heterocycles. The molecule has 0 fully saturated rings. The van der Waals surface area contributed by atoms with Crippen molar-refractivity contribution in [3.05, 3.63) is 65.7 Å². The normalized spacial score (nSPS) is 11.5. The van der Waals surface area contributed by atoms with Gasteiger partial charge in [0.1, 0.15) is 0 Å². The zero-order valence-corrected chi connectivity index (χ0v) is 16.3. The Morgan fingerprint density at radius 1 is 1.11 bits per heavy atom. The van der Waals surface area contributed by atoms with Gasteiger partial charge in [0.15, 0.2) is 5.96 Å². The predicted octanol–water partition coefficient (Wildman–Crippen LogP) is 0.808. The third kappa shape index (κ3) is 6.99. The van der Waals surface area contributed by atoms with Crippen LogP contribution in [0.2, 0.25) is 0 Å². The number of nitrogens with two attached hydrogens (primary N) is 1. The number of hydrazine groups is 1. The highest BCUT2D eigenvalue weighted by Crippen LogP contribution is 2.11. The first-order valence-electron chi connectivity index (χ1n) is 7.84. The molecule has 0 aliphatic heterocycles. The van der Waals surface area contributed by atoms with E-state index in [0.717, 1.165) is 5.56 Å². The third-order valence-corrected chi connectivity index (χ3v) is 4.76. The average molecular weight is 412 g/mol. The maximum atomic E-state index is 12.3. The number of sulfonamides is 1. The molecular weight excluding hydrogens is 390 g/mol. The Balaban J connectivity index is 0.00000364. The Hall–Kier alpha value is -2.46. The van der Waals surface area contributed by atoms with Gasteiger partial charge in [-0.1, -0.05) is 36.4 Å². The van der Waals surface area contributed by atoms with Crippen molar-refractivity contribution in [3.8, 4) is 0 Å². The molecule has 0 unspecified atom stereocenters. The summed E-state index contributed by atoms with van der Waals surface area (Å²) < 4.78 is 24.7. The highest BCUT2D eigenvalue weighted by Gasteiger charge is 2.16. The number of amides is 1. The van der Waals surface area contributed by atoms with Gasteiger partial charge >= 0.3 is 0 Å². The number of aliphatic imine (C=N–C) groups is 1. The lowest BCUT2D eigenvalue weighted by atomic mass is 10.2. The summed E-state index contributed by atoms with van der Waals surface area (Å²) in [6.07, 6.45) is 0.668. The highest BCUT2D eigenvalue weighted by molar-refractivity contribution is 7.89. The lowest BCUT2D eigenvalue weighted by molar-refractivity contribution is 0.0976. The van der Waals surface area contributed by atoms with Gasteiger partial charge in [-0.25, -0.2) is 13.8 Å². The van der Waals surface area contributed by atoms with Crippen molar-refractivity contribution in [2.45, 2.75) is 11.3 Å². The molecule has 1 amide bonds. The van der Waals surface area contributed by atoms with E-state index in [-0.39, 0.29) is 28.8 Å². The second-order valence-electron chi connectivity index (χ2n) is 5.36. The first kappa shape index (κ1) is 22.6. The molecule has 0 bridgehead atoms. The van der Waals surface area contributed by atoms with Crippen LogP contribution in [0.4, 0.5) is 0 Å². The number of rotatable bonds is 7. The van der Waals surface area contributed by atoms with Gasteiger partial charge in [-0.05, 0) is 30.2 Å². The van der Waals surface area contributed by atoms with Crippen LogP contribution in [0.1, 0.15) is 15.9 Å². The van der Waals surface area contributed by atoms with E-state index in [9.17, 15) is 13.2 Å². The molecule has 0 radical (unpaired) electrons. The number of nitrogens with one attached hydrogen (secondary N) is 3. The molecule has 0 aromatic heterocycles.